The van der Waals surface area contributed by atoms with Crippen molar-refractivity contribution in [2.24, 2.45) is 10.9 Å². The molecule has 7 heteroatoms. The normalized spacial score (nSPS) is 15.4. The summed E-state index contributed by atoms with van der Waals surface area (Å²) in [5, 5.41) is 10.3. The molecule has 0 aliphatic carbocycles. The molecule has 1 aromatic rings. The van der Waals surface area contributed by atoms with E-state index in [1.54, 1.807) is 0 Å². The number of hydrogen-bond acceptors (Lipinski definition) is 3. The Morgan fingerprint density at radius 3 is 2.57 bits per heavy atom. The Hall–Kier alpha value is -1.51. The second kappa shape index (κ2) is 13.6. The first-order valence-corrected chi connectivity index (χ1v) is 10.2. The molecular weight excluding hydrogens is 465 g/mol. The van der Waals surface area contributed by atoms with Crippen molar-refractivity contribution in [1.82, 2.24) is 15.5 Å². The third-order valence-electron chi connectivity index (χ3n) is 4.79. The first-order chi connectivity index (χ1) is 13.1. The summed E-state index contributed by atoms with van der Waals surface area (Å²) in [6, 6.07) is 10.5. The van der Waals surface area contributed by atoms with Crippen molar-refractivity contribution in [2.45, 2.75) is 46.1 Å². The average molecular weight is 501 g/mol. The van der Waals surface area contributed by atoms with E-state index in [0.717, 1.165) is 50.7 Å². The van der Waals surface area contributed by atoms with Crippen molar-refractivity contribution in [1.29, 1.82) is 0 Å². The summed E-state index contributed by atoms with van der Waals surface area (Å²) < 4.78 is 0. The van der Waals surface area contributed by atoms with Gasteiger partial charge in [0.15, 0.2) is 5.96 Å². The van der Waals surface area contributed by atoms with Crippen LogP contribution in [0.5, 0.6) is 0 Å². The molecule has 1 aliphatic heterocycles. The predicted molar refractivity (Wildman–Crippen MR) is 129 cm³/mol. The number of guanidine groups is 1. The SMILES string of the molecule is CCNC(=NCC(Nc1ccccc1)C(C)C)NCCCN1CCCC1=O.I. The van der Waals surface area contributed by atoms with E-state index < -0.39 is 0 Å². The Balaban J connectivity index is 0.00000392. The molecular formula is C21H36IN5O. The van der Waals surface area contributed by atoms with Crippen molar-refractivity contribution >= 4 is 41.5 Å². The van der Waals surface area contributed by atoms with Crippen LogP contribution in [0.25, 0.3) is 0 Å². The lowest BCUT2D eigenvalue weighted by Gasteiger charge is -2.23. The van der Waals surface area contributed by atoms with Gasteiger partial charge in [0, 0.05) is 44.3 Å². The molecule has 2 rings (SSSR count). The summed E-state index contributed by atoms with van der Waals surface area (Å²) in [6.45, 7) is 10.6. The van der Waals surface area contributed by atoms with Gasteiger partial charge in [-0.2, -0.15) is 0 Å². The highest BCUT2D eigenvalue weighted by molar-refractivity contribution is 14.0. The van der Waals surface area contributed by atoms with E-state index in [9.17, 15) is 4.79 Å². The number of rotatable bonds is 10. The molecule has 0 radical (unpaired) electrons. The molecule has 28 heavy (non-hydrogen) atoms. The Bertz CT molecular complexity index is 594. The molecule has 158 valence electrons. The zero-order valence-electron chi connectivity index (χ0n) is 17.4. The number of carbonyl (C=O) groups excluding carboxylic acids is 1. The molecule has 1 saturated heterocycles. The maximum absolute atomic E-state index is 11.7. The van der Waals surface area contributed by atoms with Crippen molar-refractivity contribution in [3.63, 3.8) is 0 Å². The third-order valence-corrected chi connectivity index (χ3v) is 4.79. The minimum absolute atomic E-state index is 0. The number of amides is 1. The summed E-state index contributed by atoms with van der Waals surface area (Å²) >= 11 is 0. The van der Waals surface area contributed by atoms with Crippen molar-refractivity contribution in [3.8, 4) is 0 Å². The van der Waals surface area contributed by atoms with Crippen LogP contribution in [0.4, 0.5) is 5.69 Å². The molecule has 1 fully saturated rings. The van der Waals surface area contributed by atoms with Gasteiger partial charge in [0.2, 0.25) is 5.91 Å². The summed E-state index contributed by atoms with van der Waals surface area (Å²) in [5.41, 5.74) is 1.12. The largest absolute Gasteiger partial charge is 0.380 e. The zero-order valence-corrected chi connectivity index (χ0v) is 19.7. The zero-order chi connectivity index (χ0) is 19.5. The number of halogens is 1. The van der Waals surface area contributed by atoms with Crippen molar-refractivity contribution in [2.75, 3.05) is 38.0 Å². The van der Waals surface area contributed by atoms with Crippen LogP contribution in [-0.4, -0.2) is 55.5 Å². The van der Waals surface area contributed by atoms with Gasteiger partial charge in [0.25, 0.3) is 0 Å². The molecule has 1 heterocycles. The first kappa shape index (κ1) is 24.5. The van der Waals surface area contributed by atoms with E-state index in [0.29, 0.717) is 24.8 Å². The molecule has 1 aromatic carbocycles. The fraction of sp³-hybridized carbons (Fsp3) is 0.619. The van der Waals surface area contributed by atoms with Crippen LogP contribution in [0, 0.1) is 5.92 Å². The first-order valence-electron chi connectivity index (χ1n) is 10.2. The number of likely N-dealkylation sites (tertiary alicyclic amines) is 1. The highest BCUT2D eigenvalue weighted by Crippen LogP contribution is 2.12. The van der Waals surface area contributed by atoms with Gasteiger partial charge < -0.3 is 20.9 Å². The quantitative estimate of drug-likeness (QED) is 0.199. The Labute approximate surface area is 187 Å². The van der Waals surface area contributed by atoms with Gasteiger partial charge in [-0.05, 0) is 37.8 Å². The molecule has 0 aromatic heterocycles. The number of para-hydroxylation sites is 1. The van der Waals surface area contributed by atoms with Gasteiger partial charge >= 0.3 is 0 Å². The molecule has 1 unspecified atom stereocenters. The van der Waals surface area contributed by atoms with Crippen LogP contribution in [0.2, 0.25) is 0 Å². The maximum atomic E-state index is 11.7. The topological polar surface area (TPSA) is 68.8 Å². The Morgan fingerprint density at radius 1 is 1.21 bits per heavy atom. The van der Waals surface area contributed by atoms with E-state index >= 15 is 0 Å². The second-order valence-electron chi connectivity index (χ2n) is 7.35. The minimum atomic E-state index is 0. The van der Waals surface area contributed by atoms with E-state index in [1.165, 1.54) is 0 Å². The molecule has 0 saturated carbocycles. The highest BCUT2D eigenvalue weighted by Gasteiger charge is 2.19. The lowest BCUT2D eigenvalue weighted by molar-refractivity contribution is -0.127. The van der Waals surface area contributed by atoms with Crippen LogP contribution in [0.15, 0.2) is 35.3 Å². The number of carbonyl (C=O) groups is 1. The standard InChI is InChI=1S/C21H35N5O.HI/c1-4-22-21(23-13-9-15-26-14-8-12-20(26)27)24-16-19(17(2)3)25-18-10-6-5-7-11-18;/h5-7,10-11,17,19,25H,4,8-9,12-16H2,1-3H3,(H2,22,23,24);1H. The molecule has 1 amide bonds. The van der Waals surface area contributed by atoms with E-state index in [-0.39, 0.29) is 30.0 Å². The summed E-state index contributed by atoms with van der Waals surface area (Å²) in [4.78, 5) is 18.4. The smallest absolute Gasteiger partial charge is 0.222 e. The number of hydrogen-bond donors (Lipinski definition) is 3. The molecule has 1 aliphatic rings. The van der Waals surface area contributed by atoms with Crippen LogP contribution in [0.1, 0.15) is 40.0 Å². The van der Waals surface area contributed by atoms with E-state index in [2.05, 4.69) is 48.9 Å². The van der Waals surface area contributed by atoms with Gasteiger partial charge in [-0.1, -0.05) is 32.0 Å². The number of aliphatic imine (C=N–C) groups is 1. The van der Waals surface area contributed by atoms with Gasteiger partial charge in [0.1, 0.15) is 0 Å². The summed E-state index contributed by atoms with van der Waals surface area (Å²) in [5.74, 6) is 1.60. The van der Waals surface area contributed by atoms with Crippen molar-refractivity contribution in [3.05, 3.63) is 30.3 Å². The van der Waals surface area contributed by atoms with Crippen LogP contribution >= 0.6 is 24.0 Å². The minimum Gasteiger partial charge on any atom is -0.380 e. The maximum Gasteiger partial charge on any atom is 0.222 e. The monoisotopic (exact) mass is 501 g/mol. The average Bonchev–Trinajstić information content (AvgIpc) is 3.07. The van der Waals surface area contributed by atoms with Gasteiger partial charge in [0.05, 0.1) is 6.54 Å². The number of benzene rings is 1. The van der Waals surface area contributed by atoms with E-state index in [4.69, 9.17) is 4.99 Å². The van der Waals surface area contributed by atoms with E-state index in [1.807, 2.05) is 23.1 Å². The Kier molecular flexibility index (Phi) is 11.9. The molecule has 0 spiro atoms. The highest BCUT2D eigenvalue weighted by atomic mass is 127. The lowest BCUT2D eigenvalue weighted by Crippen LogP contribution is -2.40. The number of anilines is 1. The van der Waals surface area contributed by atoms with Gasteiger partial charge in [-0.3, -0.25) is 9.79 Å². The fourth-order valence-electron chi connectivity index (χ4n) is 3.12. The van der Waals surface area contributed by atoms with Crippen LogP contribution < -0.4 is 16.0 Å². The summed E-state index contributed by atoms with van der Waals surface area (Å²) in [7, 11) is 0. The van der Waals surface area contributed by atoms with Gasteiger partial charge in [-0.25, -0.2) is 0 Å². The second-order valence-corrected chi connectivity index (χ2v) is 7.35. The number of nitrogens with zero attached hydrogens (tertiary/aromatic N) is 2. The van der Waals surface area contributed by atoms with Crippen LogP contribution in [0.3, 0.4) is 0 Å². The van der Waals surface area contributed by atoms with Gasteiger partial charge in [-0.15, -0.1) is 24.0 Å². The Morgan fingerprint density at radius 2 is 1.96 bits per heavy atom. The summed E-state index contributed by atoms with van der Waals surface area (Å²) in [6.07, 6.45) is 2.65. The lowest BCUT2D eigenvalue weighted by atomic mass is 10.0. The molecule has 1 atom stereocenters. The molecule has 0 bridgehead atoms. The predicted octanol–water partition coefficient (Wildman–Crippen LogP) is 3.31. The fourth-order valence-corrected chi connectivity index (χ4v) is 3.12. The molecule has 3 N–H and O–H groups in total. The van der Waals surface area contributed by atoms with Crippen LogP contribution in [-0.2, 0) is 4.79 Å². The third kappa shape index (κ3) is 8.67. The molecule has 6 nitrogen and oxygen atoms in total. The number of nitrogens with one attached hydrogen (secondary N) is 3. The van der Waals surface area contributed by atoms with Crippen molar-refractivity contribution < 1.29 is 4.79 Å².